The Balaban J connectivity index is 2.13. The van der Waals surface area contributed by atoms with Crippen molar-refractivity contribution in [2.75, 3.05) is 6.54 Å². The lowest BCUT2D eigenvalue weighted by atomic mass is 10.1. The summed E-state index contributed by atoms with van der Waals surface area (Å²) in [5, 5.41) is 6.98. The molecule has 0 saturated carbocycles. The van der Waals surface area contributed by atoms with Gasteiger partial charge < -0.3 is 9.84 Å². The summed E-state index contributed by atoms with van der Waals surface area (Å²) in [5.41, 5.74) is 0.738. The summed E-state index contributed by atoms with van der Waals surface area (Å²) >= 11 is 0. The molecule has 0 saturated heterocycles. The van der Waals surface area contributed by atoms with Crippen LogP contribution in [0.5, 0.6) is 0 Å². The van der Waals surface area contributed by atoms with Gasteiger partial charge in [0.05, 0.1) is 11.8 Å². The van der Waals surface area contributed by atoms with E-state index in [9.17, 15) is 13.2 Å². The Bertz CT molecular complexity index is 573. The Morgan fingerprint density at radius 1 is 1.19 bits per heavy atom. The Morgan fingerprint density at radius 3 is 2.43 bits per heavy atom. The minimum absolute atomic E-state index is 0.500. The van der Waals surface area contributed by atoms with Gasteiger partial charge in [0.15, 0.2) is 5.76 Å². The highest BCUT2D eigenvalue weighted by atomic mass is 19.4. The van der Waals surface area contributed by atoms with Gasteiger partial charge in [-0.25, -0.2) is 0 Å². The first-order valence-electron chi connectivity index (χ1n) is 6.70. The highest BCUT2D eigenvalue weighted by Gasteiger charge is 2.30. The summed E-state index contributed by atoms with van der Waals surface area (Å²) in [6, 6.07) is 4.89. The van der Waals surface area contributed by atoms with Crippen molar-refractivity contribution < 1.29 is 17.7 Å². The third kappa shape index (κ3) is 4.07. The molecule has 2 aromatic rings. The zero-order valence-corrected chi connectivity index (χ0v) is 11.9. The first-order chi connectivity index (χ1) is 9.88. The van der Waals surface area contributed by atoms with Crippen molar-refractivity contribution in [3.63, 3.8) is 0 Å². The van der Waals surface area contributed by atoms with Gasteiger partial charge in [0.2, 0.25) is 0 Å². The molecule has 0 fully saturated rings. The molecule has 0 spiro atoms. The molecule has 0 radical (unpaired) electrons. The smallest absolute Gasteiger partial charge is 0.356 e. The standard InChI is InChI=1S/C15H17F3N2O/c1-10(2)7-19-8-12-9-20-21-14(12)11-3-5-13(6-4-11)15(16,17)18/h3-6,9-10,19H,7-8H2,1-2H3. The molecule has 0 aliphatic rings. The van der Waals surface area contributed by atoms with E-state index < -0.39 is 11.7 Å². The van der Waals surface area contributed by atoms with Crippen LogP contribution in [0.4, 0.5) is 13.2 Å². The van der Waals surface area contributed by atoms with Crippen molar-refractivity contribution >= 4 is 0 Å². The van der Waals surface area contributed by atoms with Crippen LogP contribution in [0.2, 0.25) is 0 Å². The predicted molar refractivity (Wildman–Crippen MR) is 73.5 cm³/mol. The second kappa shape index (κ2) is 6.30. The van der Waals surface area contributed by atoms with Gasteiger partial charge in [-0.1, -0.05) is 31.1 Å². The number of aromatic nitrogens is 1. The molecule has 0 bridgehead atoms. The number of benzene rings is 1. The fourth-order valence-electron chi connectivity index (χ4n) is 1.93. The van der Waals surface area contributed by atoms with Crippen molar-refractivity contribution in [2.45, 2.75) is 26.6 Å². The van der Waals surface area contributed by atoms with Gasteiger partial charge in [0, 0.05) is 17.7 Å². The lowest BCUT2D eigenvalue weighted by Crippen LogP contribution is -2.18. The third-order valence-electron chi connectivity index (χ3n) is 2.99. The number of hydrogen-bond donors (Lipinski definition) is 1. The normalized spacial score (nSPS) is 12.1. The SMILES string of the molecule is CC(C)CNCc1cnoc1-c1ccc(C(F)(F)F)cc1. The molecule has 114 valence electrons. The summed E-state index contributed by atoms with van der Waals surface area (Å²) in [6.07, 6.45) is -2.75. The van der Waals surface area contributed by atoms with Gasteiger partial charge in [0.1, 0.15) is 0 Å². The van der Waals surface area contributed by atoms with Crippen molar-refractivity contribution in [1.82, 2.24) is 10.5 Å². The van der Waals surface area contributed by atoms with Gasteiger partial charge >= 0.3 is 6.18 Å². The van der Waals surface area contributed by atoms with Crippen molar-refractivity contribution in [1.29, 1.82) is 0 Å². The summed E-state index contributed by atoms with van der Waals surface area (Å²) < 4.78 is 42.8. The lowest BCUT2D eigenvalue weighted by molar-refractivity contribution is -0.137. The summed E-state index contributed by atoms with van der Waals surface area (Å²) in [6.45, 7) is 5.60. The van der Waals surface area contributed by atoms with Gasteiger partial charge in [0.25, 0.3) is 0 Å². The number of alkyl halides is 3. The molecule has 0 amide bonds. The summed E-state index contributed by atoms with van der Waals surface area (Å²) in [7, 11) is 0. The summed E-state index contributed by atoms with van der Waals surface area (Å²) in [5.74, 6) is 1.01. The van der Waals surface area contributed by atoms with Crippen LogP contribution in [-0.4, -0.2) is 11.7 Å². The van der Waals surface area contributed by atoms with E-state index in [0.717, 1.165) is 24.2 Å². The van der Waals surface area contributed by atoms with E-state index in [2.05, 4.69) is 24.3 Å². The number of halogens is 3. The van der Waals surface area contributed by atoms with Crippen LogP contribution in [0.15, 0.2) is 35.0 Å². The quantitative estimate of drug-likeness (QED) is 0.903. The van der Waals surface area contributed by atoms with E-state index >= 15 is 0 Å². The maximum absolute atomic E-state index is 12.5. The zero-order valence-electron chi connectivity index (χ0n) is 11.9. The fourth-order valence-corrected chi connectivity index (χ4v) is 1.93. The topological polar surface area (TPSA) is 38.1 Å². The van der Waals surface area contributed by atoms with Gasteiger partial charge in [-0.3, -0.25) is 0 Å². The molecule has 0 aliphatic carbocycles. The van der Waals surface area contributed by atoms with Gasteiger partial charge in [-0.15, -0.1) is 0 Å². The monoisotopic (exact) mass is 298 g/mol. The van der Waals surface area contributed by atoms with Crippen LogP contribution in [0.1, 0.15) is 25.0 Å². The predicted octanol–water partition coefficient (Wildman–Crippen LogP) is 4.11. The molecule has 6 heteroatoms. The molecule has 1 heterocycles. The van der Waals surface area contributed by atoms with Crippen LogP contribution in [0.3, 0.4) is 0 Å². The Hall–Kier alpha value is -1.82. The molecule has 3 nitrogen and oxygen atoms in total. The fraction of sp³-hybridized carbons (Fsp3) is 0.400. The van der Waals surface area contributed by atoms with E-state index in [4.69, 9.17) is 4.52 Å². The van der Waals surface area contributed by atoms with Crippen LogP contribution >= 0.6 is 0 Å². The second-order valence-corrected chi connectivity index (χ2v) is 5.28. The van der Waals surface area contributed by atoms with Gasteiger partial charge in [-0.05, 0) is 24.6 Å². The molecular weight excluding hydrogens is 281 g/mol. The largest absolute Gasteiger partial charge is 0.416 e. The van der Waals surface area contributed by atoms with E-state index in [0.29, 0.717) is 23.8 Å². The van der Waals surface area contributed by atoms with E-state index in [1.807, 2.05) is 0 Å². The lowest BCUT2D eigenvalue weighted by Gasteiger charge is -2.08. The van der Waals surface area contributed by atoms with Gasteiger partial charge in [-0.2, -0.15) is 13.2 Å². The second-order valence-electron chi connectivity index (χ2n) is 5.28. The van der Waals surface area contributed by atoms with Crippen LogP contribution < -0.4 is 5.32 Å². The average molecular weight is 298 g/mol. The Kier molecular flexibility index (Phi) is 4.67. The molecule has 0 unspecified atom stereocenters. The first-order valence-corrected chi connectivity index (χ1v) is 6.70. The van der Waals surface area contributed by atoms with E-state index in [1.165, 1.54) is 12.1 Å². The maximum Gasteiger partial charge on any atom is 0.416 e. The third-order valence-corrected chi connectivity index (χ3v) is 2.99. The highest BCUT2D eigenvalue weighted by molar-refractivity contribution is 5.61. The van der Waals surface area contributed by atoms with E-state index in [1.54, 1.807) is 6.20 Å². The summed E-state index contributed by atoms with van der Waals surface area (Å²) in [4.78, 5) is 0. The number of nitrogens with zero attached hydrogens (tertiary/aromatic N) is 1. The minimum Gasteiger partial charge on any atom is -0.356 e. The van der Waals surface area contributed by atoms with Crippen LogP contribution in [-0.2, 0) is 12.7 Å². The molecule has 1 aromatic heterocycles. The molecule has 0 atom stereocenters. The number of rotatable bonds is 5. The van der Waals surface area contributed by atoms with Crippen molar-refractivity contribution in [2.24, 2.45) is 5.92 Å². The first kappa shape index (κ1) is 15.6. The Labute approximate surface area is 121 Å². The highest BCUT2D eigenvalue weighted by Crippen LogP contribution is 2.31. The molecular formula is C15H17F3N2O. The van der Waals surface area contributed by atoms with Crippen LogP contribution in [0.25, 0.3) is 11.3 Å². The number of nitrogens with one attached hydrogen (secondary N) is 1. The Morgan fingerprint density at radius 2 is 1.86 bits per heavy atom. The van der Waals surface area contributed by atoms with Crippen LogP contribution in [0, 0.1) is 5.92 Å². The maximum atomic E-state index is 12.5. The molecule has 0 aliphatic heterocycles. The van der Waals surface area contributed by atoms with Crippen molar-refractivity contribution in [3.05, 3.63) is 41.6 Å². The molecule has 21 heavy (non-hydrogen) atoms. The molecule has 1 aromatic carbocycles. The molecule has 1 N–H and O–H groups in total. The zero-order chi connectivity index (χ0) is 15.5. The average Bonchev–Trinajstić information content (AvgIpc) is 2.86. The van der Waals surface area contributed by atoms with E-state index in [-0.39, 0.29) is 0 Å². The molecule has 2 rings (SSSR count). The van der Waals surface area contributed by atoms with Crippen molar-refractivity contribution in [3.8, 4) is 11.3 Å². The number of hydrogen-bond acceptors (Lipinski definition) is 3. The minimum atomic E-state index is -4.33.